The SMILES string of the molecule is C=C(C)C(=O)OC(CCC)[SiH2]C(CC)C(C)OCC. The van der Waals surface area contributed by atoms with E-state index < -0.39 is 9.52 Å². The molecule has 0 radical (unpaired) electrons. The van der Waals surface area contributed by atoms with Gasteiger partial charge in [0.1, 0.15) is 0 Å². The van der Waals surface area contributed by atoms with Crippen molar-refractivity contribution in [1.29, 1.82) is 0 Å². The highest BCUT2D eigenvalue weighted by Gasteiger charge is 2.23. The molecule has 0 aromatic rings. The number of rotatable bonds is 10. The minimum Gasteiger partial charge on any atom is -0.464 e. The van der Waals surface area contributed by atoms with Crippen molar-refractivity contribution in [2.45, 2.75) is 71.3 Å². The fourth-order valence-electron chi connectivity index (χ4n) is 2.23. The second-order valence-electron chi connectivity index (χ2n) is 5.16. The Bertz CT molecular complexity index is 279. The van der Waals surface area contributed by atoms with Gasteiger partial charge in [-0.2, -0.15) is 0 Å². The van der Waals surface area contributed by atoms with Gasteiger partial charge in [-0.15, -0.1) is 0 Å². The minimum atomic E-state index is -0.523. The van der Waals surface area contributed by atoms with Gasteiger partial charge in [-0.3, -0.25) is 0 Å². The lowest BCUT2D eigenvalue weighted by molar-refractivity contribution is -0.141. The maximum Gasteiger partial charge on any atom is 0.333 e. The highest BCUT2D eigenvalue weighted by Crippen LogP contribution is 2.21. The van der Waals surface area contributed by atoms with Gasteiger partial charge in [0.05, 0.1) is 21.4 Å². The molecular formula is C15H30O3Si. The molecule has 0 aliphatic rings. The molecule has 0 aromatic carbocycles. The Morgan fingerprint density at radius 2 is 1.95 bits per heavy atom. The summed E-state index contributed by atoms with van der Waals surface area (Å²) in [6.07, 6.45) is 3.36. The number of carbonyl (C=O) groups excluding carboxylic acids is 1. The first-order valence-corrected chi connectivity index (χ1v) is 9.07. The normalized spacial score (nSPS) is 16.3. The minimum absolute atomic E-state index is 0.113. The van der Waals surface area contributed by atoms with Crippen molar-refractivity contribution in [3.63, 3.8) is 0 Å². The Balaban J connectivity index is 4.52. The summed E-state index contributed by atoms with van der Waals surface area (Å²) in [6.45, 7) is 14.6. The Hall–Kier alpha value is -0.613. The average molecular weight is 286 g/mol. The molecule has 4 heteroatoms. The van der Waals surface area contributed by atoms with Crippen molar-refractivity contribution in [1.82, 2.24) is 0 Å². The first-order valence-electron chi connectivity index (χ1n) is 7.44. The molecule has 0 fully saturated rings. The van der Waals surface area contributed by atoms with Crippen molar-refractivity contribution < 1.29 is 14.3 Å². The third-order valence-electron chi connectivity index (χ3n) is 3.42. The van der Waals surface area contributed by atoms with Crippen LogP contribution >= 0.6 is 0 Å². The third kappa shape index (κ3) is 7.53. The number of carbonyl (C=O) groups is 1. The van der Waals surface area contributed by atoms with Crippen molar-refractivity contribution in [2.24, 2.45) is 0 Å². The number of hydrogen-bond acceptors (Lipinski definition) is 3. The van der Waals surface area contributed by atoms with E-state index in [1.54, 1.807) is 6.92 Å². The number of hydrogen-bond donors (Lipinski definition) is 0. The summed E-state index contributed by atoms with van der Waals surface area (Å²) in [5.74, 6) is -0.245. The van der Waals surface area contributed by atoms with Crippen LogP contribution in [0.25, 0.3) is 0 Å². The Morgan fingerprint density at radius 1 is 1.32 bits per heavy atom. The zero-order valence-corrected chi connectivity index (χ0v) is 14.6. The topological polar surface area (TPSA) is 35.5 Å². The maximum absolute atomic E-state index is 11.7. The quantitative estimate of drug-likeness (QED) is 0.352. The van der Waals surface area contributed by atoms with Crippen LogP contribution in [0.1, 0.15) is 53.9 Å². The lowest BCUT2D eigenvalue weighted by Crippen LogP contribution is -2.32. The van der Waals surface area contributed by atoms with Gasteiger partial charge >= 0.3 is 5.97 Å². The molecule has 3 unspecified atom stereocenters. The standard InChI is InChI=1S/C15H30O3Si/c1-7-10-14(18-15(16)11(4)5)19-13(8-2)12(6)17-9-3/h12-14H,4,7-10,19H2,1-3,5-6H3. The van der Waals surface area contributed by atoms with E-state index in [-0.39, 0.29) is 17.8 Å². The zero-order chi connectivity index (χ0) is 14.8. The first-order chi connectivity index (χ1) is 8.96. The molecule has 0 rings (SSSR count). The monoisotopic (exact) mass is 286 g/mol. The van der Waals surface area contributed by atoms with E-state index in [4.69, 9.17) is 9.47 Å². The lowest BCUT2D eigenvalue weighted by atomic mass is 10.2. The molecule has 0 N–H and O–H groups in total. The van der Waals surface area contributed by atoms with Crippen molar-refractivity contribution >= 4 is 15.5 Å². The molecule has 0 saturated heterocycles. The van der Waals surface area contributed by atoms with E-state index in [2.05, 4.69) is 27.4 Å². The summed E-state index contributed by atoms with van der Waals surface area (Å²) in [5, 5.41) is 0. The molecular weight excluding hydrogens is 256 g/mol. The number of esters is 1. The van der Waals surface area contributed by atoms with Crippen LogP contribution in [0.2, 0.25) is 5.54 Å². The van der Waals surface area contributed by atoms with Crippen LogP contribution in [0.3, 0.4) is 0 Å². The molecule has 0 aliphatic carbocycles. The molecule has 19 heavy (non-hydrogen) atoms. The molecule has 112 valence electrons. The molecule has 0 spiro atoms. The summed E-state index contributed by atoms with van der Waals surface area (Å²) < 4.78 is 11.3. The smallest absolute Gasteiger partial charge is 0.333 e. The van der Waals surface area contributed by atoms with E-state index >= 15 is 0 Å². The van der Waals surface area contributed by atoms with Crippen LogP contribution in [0.5, 0.6) is 0 Å². The summed E-state index contributed by atoms with van der Waals surface area (Å²) in [7, 11) is -0.523. The van der Waals surface area contributed by atoms with Crippen LogP contribution in [0.15, 0.2) is 12.2 Å². The van der Waals surface area contributed by atoms with Gasteiger partial charge < -0.3 is 9.47 Å². The van der Waals surface area contributed by atoms with Gasteiger partial charge in [0.2, 0.25) is 0 Å². The van der Waals surface area contributed by atoms with Gasteiger partial charge in [0.25, 0.3) is 0 Å². The largest absolute Gasteiger partial charge is 0.464 e. The average Bonchev–Trinajstić information content (AvgIpc) is 2.35. The Kier molecular flexibility index (Phi) is 9.88. The second-order valence-corrected chi connectivity index (χ2v) is 7.59. The molecule has 0 amide bonds. The lowest BCUT2D eigenvalue weighted by Gasteiger charge is -2.26. The van der Waals surface area contributed by atoms with Crippen molar-refractivity contribution in [3.05, 3.63) is 12.2 Å². The number of ether oxygens (including phenoxy) is 2. The predicted molar refractivity (Wildman–Crippen MR) is 83.3 cm³/mol. The molecule has 0 heterocycles. The first kappa shape index (κ1) is 18.4. The summed E-state index contributed by atoms with van der Waals surface area (Å²) in [5.41, 5.74) is 1.16. The van der Waals surface area contributed by atoms with Crippen LogP contribution in [-0.2, 0) is 14.3 Å². The fourth-order valence-corrected chi connectivity index (χ4v) is 4.65. The van der Waals surface area contributed by atoms with Gasteiger partial charge in [0, 0.05) is 12.2 Å². The molecule has 3 atom stereocenters. The third-order valence-corrected chi connectivity index (χ3v) is 6.36. The molecule has 0 saturated carbocycles. The molecule has 0 aliphatic heterocycles. The van der Waals surface area contributed by atoms with Gasteiger partial charge in [-0.25, -0.2) is 4.79 Å². The highest BCUT2D eigenvalue weighted by atomic mass is 28.2. The Morgan fingerprint density at radius 3 is 2.37 bits per heavy atom. The van der Waals surface area contributed by atoms with Crippen molar-refractivity contribution in [2.75, 3.05) is 6.61 Å². The van der Waals surface area contributed by atoms with Crippen LogP contribution in [0.4, 0.5) is 0 Å². The van der Waals surface area contributed by atoms with Crippen molar-refractivity contribution in [3.8, 4) is 0 Å². The van der Waals surface area contributed by atoms with Gasteiger partial charge in [0.15, 0.2) is 0 Å². The van der Waals surface area contributed by atoms with E-state index in [9.17, 15) is 4.79 Å². The maximum atomic E-state index is 11.7. The second kappa shape index (κ2) is 10.2. The van der Waals surface area contributed by atoms with Gasteiger partial charge in [-0.1, -0.05) is 33.3 Å². The molecule has 3 nitrogen and oxygen atoms in total. The van der Waals surface area contributed by atoms with E-state index in [1.807, 2.05) is 6.92 Å². The van der Waals surface area contributed by atoms with Gasteiger partial charge in [-0.05, 0) is 32.7 Å². The summed E-state index contributed by atoms with van der Waals surface area (Å²) in [4.78, 5) is 11.7. The predicted octanol–water partition coefficient (Wildman–Crippen LogP) is 3.02. The summed E-state index contributed by atoms with van der Waals surface area (Å²) >= 11 is 0. The Labute approximate surface area is 120 Å². The van der Waals surface area contributed by atoms with Crippen LogP contribution < -0.4 is 0 Å². The van der Waals surface area contributed by atoms with E-state index in [1.165, 1.54) is 0 Å². The summed E-state index contributed by atoms with van der Waals surface area (Å²) in [6, 6.07) is 0. The molecule has 0 bridgehead atoms. The highest BCUT2D eigenvalue weighted by molar-refractivity contribution is 6.39. The van der Waals surface area contributed by atoms with Crippen LogP contribution in [0, 0.1) is 0 Å². The fraction of sp³-hybridized carbons (Fsp3) is 0.800. The molecule has 0 aromatic heterocycles. The van der Waals surface area contributed by atoms with Crippen LogP contribution in [-0.4, -0.2) is 33.9 Å². The van der Waals surface area contributed by atoms with E-state index in [0.717, 1.165) is 25.9 Å². The zero-order valence-electron chi connectivity index (χ0n) is 13.2. The van der Waals surface area contributed by atoms with E-state index in [0.29, 0.717) is 11.1 Å².